The van der Waals surface area contributed by atoms with Crippen molar-refractivity contribution < 1.29 is 22.8 Å². The molecule has 0 bridgehead atoms. The predicted molar refractivity (Wildman–Crippen MR) is 85.3 cm³/mol. The van der Waals surface area contributed by atoms with Crippen LogP contribution in [0.15, 0.2) is 16.7 Å². The number of carbonyl (C=O) groups excluding carboxylic acids is 2. The van der Waals surface area contributed by atoms with Gasteiger partial charge in [0.2, 0.25) is 5.91 Å². The second-order valence-corrected chi connectivity index (χ2v) is 7.81. The molecule has 1 aromatic rings. The fourth-order valence-electron chi connectivity index (χ4n) is 4.22. The minimum atomic E-state index is -3.06. The number of hydrogen-bond acceptors (Lipinski definition) is 3. The summed E-state index contributed by atoms with van der Waals surface area (Å²) in [5, 5.41) is 0. The van der Waals surface area contributed by atoms with Gasteiger partial charge in [-0.05, 0) is 38.2 Å². The van der Waals surface area contributed by atoms with Gasteiger partial charge in [0.05, 0.1) is 23.8 Å². The zero-order valence-electron chi connectivity index (χ0n) is 14.3. The zero-order valence-corrected chi connectivity index (χ0v) is 14.3. The highest BCUT2D eigenvalue weighted by Crippen LogP contribution is 2.47. The number of piperidine rings is 1. The van der Waals surface area contributed by atoms with E-state index in [4.69, 9.17) is 4.42 Å². The Morgan fingerprint density at radius 1 is 1.36 bits per heavy atom. The van der Waals surface area contributed by atoms with Crippen molar-refractivity contribution in [2.75, 3.05) is 26.2 Å². The lowest BCUT2D eigenvalue weighted by molar-refractivity contribution is -0.151. The first kappa shape index (κ1) is 16.5. The molecule has 25 heavy (non-hydrogen) atoms. The molecule has 2 amide bonds. The molecule has 0 N–H and O–H groups in total. The molecule has 1 atom stereocenters. The molecule has 3 aliphatic rings. The van der Waals surface area contributed by atoms with Crippen molar-refractivity contribution in [1.82, 2.24) is 9.80 Å². The molecule has 1 aromatic heterocycles. The van der Waals surface area contributed by atoms with Gasteiger partial charge < -0.3 is 14.2 Å². The number of carbonyl (C=O) groups is 2. The highest BCUT2D eigenvalue weighted by Gasteiger charge is 2.58. The van der Waals surface area contributed by atoms with E-state index in [-0.39, 0.29) is 18.0 Å². The normalized spacial score (nSPS) is 28.8. The molecule has 0 radical (unpaired) electrons. The van der Waals surface area contributed by atoms with Crippen LogP contribution in [0.2, 0.25) is 0 Å². The molecule has 2 aliphatic heterocycles. The van der Waals surface area contributed by atoms with Gasteiger partial charge in [0, 0.05) is 26.1 Å². The number of alkyl halides is 2. The fourth-order valence-corrected chi connectivity index (χ4v) is 4.22. The van der Waals surface area contributed by atoms with Gasteiger partial charge in [0.25, 0.3) is 11.8 Å². The maximum atomic E-state index is 14.4. The Morgan fingerprint density at radius 3 is 2.76 bits per heavy atom. The molecule has 5 nitrogen and oxygen atoms in total. The quantitative estimate of drug-likeness (QED) is 0.840. The van der Waals surface area contributed by atoms with Crippen molar-refractivity contribution in [2.24, 2.45) is 11.3 Å². The second-order valence-electron chi connectivity index (χ2n) is 7.81. The maximum Gasteiger partial charge on any atom is 0.266 e. The standard InChI is InChI=1S/C18H22F2N2O3/c1-12-14(4-7-25-12)15(23)22-10-17(9-18(19,20)11-22)5-6-21(16(17)24)8-13-2-3-13/h4,7,13H,2-3,5-6,8-11H2,1H3/t17-/m1/s1. The molecule has 7 heteroatoms. The number of amides is 2. The van der Waals surface area contributed by atoms with Crippen LogP contribution in [-0.2, 0) is 4.79 Å². The van der Waals surface area contributed by atoms with Crippen molar-refractivity contribution in [3.8, 4) is 0 Å². The first-order chi connectivity index (χ1) is 11.8. The lowest BCUT2D eigenvalue weighted by Crippen LogP contribution is -2.57. The topological polar surface area (TPSA) is 53.8 Å². The third kappa shape index (κ3) is 2.93. The van der Waals surface area contributed by atoms with Gasteiger partial charge in [-0.15, -0.1) is 0 Å². The Bertz CT molecular complexity index is 713. The third-order valence-electron chi connectivity index (χ3n) is 5.67. The third-order valence-corrected chi connectivity index (χ3v) is 5.67. The van der Waals surface area contributed by atoms with Crippen molar-refractivity contribution in [1.29, 1.82) is 0 Å². The molecule has 136 valence electrons. The summed E-state index contributed by atoms with van der Waals surface area (Å²) < 4.78 is 34.0. The first-order valence-electron chi connectivity index (χ1n) is 8.80. The Morgan fingerprint density at radius 2 is 2.12 bits per heavy atom. The summed E-state index contributed by atoms with van der Waals surface area (Å²) in [7, 11) is 0. The number of furan rings is 1. The van der Waals surface area contributed by atoms with E-state index in [1.54, 1.807) is 11.8 Å². The van der Waals surface area contributed by atoms with Crippen LogP contribution in [0.25, 0.3) is 0 Å². The lowest BCUT2D eigenvalue weighted by Gasteiger charge is -2.42. The van der Waals surface area contributed by atoms with E-state index in [1.807, 2.05) is 0 Å². The van der Waals surface area contributed by atoms with E-state index in [9.17, 15) is 18.4 Å². The fraction of sp³-hybridized carbons (Fsp3) is 0.667. The second kappa shape index (κ2) is 5.54. The van der Waals surface area contributed by atoms with Crippen molar-refractivity contribution in [3.63, 3.8) is 0 Å². The first-order valence-corrected chi connectivity index (χ1v) is 8.80. The Kier molecular flexibility index (Phi) is 3.67. The van der Waals surface area contributed by atoms with E-state index in [0.717, 1.165) is 17.7 Å². The van der Waals surface area contributed by atoms with Crippen molar-refractivity contribution in [3.05, 3.63) is 23.7 Å². The zero-order chi connectivity index (χ0) is 17.8. The average Bonchev–Trinajstić information content (AvgIpc) is 3.20. The minimum Gasteiger partial charge on any atom is -0.469 e. The maximum absolute atomic E-state index is 14.4. The molecule has 1 spiro atoms. The van der Waals surface area contributed by atoms with E-state index in [0.29, 0.717) is 31.2 Å². The van der Waals surface area contributed by atoms with Gasteiger partial charge in [-0.1, -0.05) is 0 Å². The molecule has 4 rings (SSSR count). The summed E-state index contributed by atoms with van der Waals surface area (Å²) in [5.41, 5.74) is -0.864. The summed E-state index contributed by atoms with van der Waals surface area (Å²) in [4.78, 5) is 28.5. The molecule has 1 aliphatic carbocycles. The van der Waals surface area contributed by atoms with Crippen LogP contribution in [0.5, 0.6) is 0 Å². The van der Waals surface area contributed by atoms with Gasteiger partial charge >= 0.3 is 0 Å². The molecule has 3 heterocycles. The molecule has 0 unspecified atom stereocenters. The van der Waals surface area contributed by atoms with E-state index in [2.05, 4.69) is 0 Å². The van der Waals surface area contributed by atoms with E-state index < -0.39 is 30.2 Å². The smallest absolute Gasteiger partial charge is 0.266 e. The van der Waals surface area contributed by atoms with Crippen LogP contribution in [0.1, 0.15) is 41.8 Å². The number of aryl methyl sites for hydroxylation is 1. The number of rotatable bonds is 3. The molecule has 2 saturated heterocycles. The SMILES string of the molecule is Cc1occc1C(=O)N1CC(F)(F)C[C@]2(CCN(CC3CC3)C2=O)C1. The summed E-state index contributed by atoms with van der Waals surface area (Å²) in [6.45, 7) is 2.22. The van der Waals surface area contributed by atoms with Gasteiger partial charge in [0.15, 0.2) is 0 Å². The summed E-state index contributed by atoms with van der Waals surface area (Å²) in [5.74, 6) is -2.83. The Balaban J connectivity index is 1.58. The predicted octanol–water partition coefficient (Wildman–Crippen LogP) is 2.70. The average molecular weight is 352 g/mol. The number of hydrogen-bond donors (Lipinski definition) is 0. The van der Waals surface area contributed by atoms with Crippen LogP contribution in [0.4, 0.5) is 8.78 Å². The summed E-state index contributed by atoms with van der Waals surface area (Å²) in [6.07, 6.45) is 3.52. The van der Waals surface area contributed by atoms with Crippen LogP contribution in [0, 0.1) is 18.3 Å². The Hall–Kier alpha value is -1.92. The van der Waals surface area contributed by atoms with Crippen molar-refractivity contribution >= 4 is 11.8 Å². The largest absolute Gasteiger partial charge is 0.469 e. The van der Waals surface area contributed by atoms with Crippen LogP contribution < -0.4 is 0 Å². The van der Waals surface area contributed by atoms with E-state index >= 15 is 0 Å². The molecular formula is C18H22F2N2O3. The Labute approximate surface area is 144 Å². The number of halogens is 2. The summed E-state index contributed by atoms with van der Waals surface area (Å²) >= 11 is 0. The minimum absolute atomic E-state index is 0.0616. The van der Waals surface area contributed by atoms with Crippen LogP contribution >= 0.6 is 0 Å². The summed E-state index contributed by atoms with van der Waals surface area (Å²) in [6, 6.07) is 1.49. The number of nitrogens with zero attached hydrogens (tertiary/aromatic N) is 2. The molecule has 3 fully saturated rings. The lowest BCUT2D eigenvalue weighted by atomic mass is 9.76. The molecular weight excluding hydrogens is 330 g/mol. The van der Waals surface area contributed by atoms with Gasteiger partial charge in [-0.3, -0.25) is 9.59 Å². The molecule has 0 aromatic carbocycles. The highest BCUT2D eigenvalue weighted by atomic mass is 19.3. The number of likely N-dealkylation sites (tertiary alicyclic amines) is 2. The van der Waals surface area contributed by atoms with Crippen LogP contribution in [0.3, 0.4) is 0 Å². The van der Waals surface area contributed by atoms with Crippen molar-refractivity contribution in [2.45, 2.75) is 38.5 Å². The monoisotopic (exact) mass is 352 g/mol. The van der Waals surface area contributed by atoms with E-state index in [1.165, 1.54) is 12.3 Å². The molecule has 1 saturated carbocycles. The highest BCUT2D eigenvalue weighted by molar-refractivity contribution is 5.96. The van der Waals surface area contributed by atoms with Crippen LogP contribution in [-0.4, -0.2) is 53.7 Å². The van der Waals surface area contributed by atoms with Gasteiger partial charge in [-0.25, -0.2) is 8.78 Å². The van der Waals surface area contributed by atoms with Gasteiger partial charge in [0.1, 0.15) is 5.76 Å². The van der Waals surface area contributed by atoms with Gasteiger partial charge in [-0.2, -0.15) is 0 Å².